The third-order valence-electron chi connectivity index (χ3n) is 3.20. The first-order chi connectivity index (χ1) is 12.0. The summed E-state index contributed by atoms with van der Waals surface area (Å²) >= 11 is 0. The molecule has 1 aliphatic heterocycles. The molecule has 1 aromatic carbocycles. The van der Waals surface area contributed by atoms with Crippen LogP contribution in [0.15, 0.2) is 42.5 Å². The maximum absolute atomic E-state index is 11.7. The van der Waals surface area contributed by atoms with E-state index in [-0.39, 0.29) is 25.2 Å². The van der Waals surface area contributed by atoms with Gasteiger partial charge in [-0.05, 0) is 19.1 Å². The topological polar surface area (TPSA) is 97.4 Å². The number of hydrogen-bond acceptors (Lipinski definition) is 8. The highest BCUT2D eigenvalue weighted by atomic mass is 16.8. The molecule has 2 unspecified atom stereocenters. The van der Waals surface area contributed by atoms with E-state index in [9.17, 15) is 14.4 Å². The van der Waals surface area contributed by atoms with Gasteiger partial charge in [0.25, 0.3) is 0 Å². The Labute approximate surface area is 144 Å². The van der Waals surface area contributed by atoms with Gasteiger partial charge < -0.3 is 23.7 Å². The number of cyclic esters (lactones) is 2. The molecule has 2 atom stereocenters. The number of rotatable bonds is 7. The summed E-state index contributed by atoms with van der Waals surface area (Å²) in [6.45, 7) is 4.82. The molecule has 1 aliphatic rings. The van der Waals surface area contributed by atoms with Crippen LogP contribution in [0.4, 0.5) is 9.59 Å². The van der Waals surface area contributed by atoms with E-state index in [4.69, 9.17) is 18.9 Å². The Morgan fingerprint density at radius 3 is 2.64 bits per heavy atom. The Hall–Kier alpha value is -3.03. The van der Waals surface area contributed by atoms with Gasteiger partial charge in [-0.25, -0.2) is 14.4 Å². The largest absolute Gasteiger partial charge is 0.513 e. The molecule has 0 radical (unpaired) electrons. The summed E-state index contributed by atoms with van der Waals surface area (Å²) in [6, 6.07) is 8.42. The number of carbonyl (C=O) groups is 3. The van der Waals surface area contributed by atoms with E-state index in [2.05, 4.69) is 11.3 Å². The molecule has 0 N–H and O–H groups in total. The Bertz CT molecular complexity index is 639. The first-order valence-corrected chi connectivity index (χ1v) is 7.55. The van der Waals surface area contributed by atoms with Crippen molar-refractivity contribution in [2.45, 2.75) is 25.6 Å². The van der Waals surface area contributed by atoms with Gasteiger partial charge in [0.2, 0.25) is 0 Å². The Kier molecular flexibility index (Phi) is 6.39. The molecule has 0 aromatic heterocycles. The monoisotopic (exact) mass is 350 g/mol. The van der Waals surface area contributed by atoms with Crippen LogP contribution in [-0.2, 0) is 23.7 Å². The number of esters is 1. The fourth-order valence-corrected chi connectivity index (χ4v) is 1.96. The lowest BCUT2D eigenvalue weighted by atomic mass is 10.1. The smallest absolute Gasteiger partial charge is 0.455 e. The predicted molar refractivity (Wildman–Crippen MR) is 84.0 cm³/mol. The third kappa shape index (κ3) is 5.83. The molecule has 1 heterocycles. The zero-order chi connectivity index (χ0) is 18.2. The summed E-state index contributed by atoms with van der Waals surface area (Å²) in [7, 11) is 0. The standard InChI is InChI=1S/C17H18O8/c1-11(2)15(18)24-13(14-10-22-17(20)25-14)8-9-21-16(19)23-12-6-4-3-5-7-12/h3-7,13-14H,1,8-10H2,2H3. The van der Waals surface area contributed by atoms with Gasteiger partial charge in [0, 0.05) is 12.0 Å². The molecule has 2 rings (SSSR count). The second kappa shape index (κ2) is 8.72. The average Bonchev–Trinajstić information content (AvgIpc) is 3.01. The fraction of sp³-hybridized carbons (Fsp3) is 0.353. The van der Waals surface area contributed by atoms with Gasteiger partial charge >= 0.3 is 18.3 Å². The molecule has 1 fully saturated rings. The summed E-state index contributed by atoms with van der Waals surface area (Å²) in [6.07, 6.45) is -3.24. The van der Waals surface area contributed by atoms with Gasteiger partial charge in [-0.15, -0.1) is 0 Å². The fourth-order valence-electron chi connectivity index (χ4n) is 1.96. The maximum Gasteiger partial charge on any atom is 0.513 e. The van der Waals surface area contributed by atoms with Crippen LogP contribution in [0.5, 0.6) is 5.75 Å². The highest BCUT2D eigenvalue weighted by Gasteiger charge is 2.35. The number of benzene rings is 1. The Balaban J connectivity index is 1.84. The lowest BCUT2D eigenvalue weighted by molar-refractivity contribution is -0.150. The molecule has 0 bridgehead atoms. The average molecular weight is 350 g/mol. The summed E-state index contributed by atoms with van der Waals surface area (Å²) in [4.78, 5) is 34.4. The molecule has 8 nitrogen and oxygen atoms in total. The van der Waals surface area contributed by atoms with Crippen molar-refractivity contribution >= 4 is 18.3 Å². The maximum atomic E-state index is 11.7. The van der Waals surface area contributed by atoms with Gasteiger partial charge in [0.05, 0.1) is 6.61 Å². The van der Waals surface area contributed by atoms with E-state index >= 15 is 0 Å². The molecular weight excluding hydrogens is 332 g/mol. The first kappa shape index (κ1) is 18.3. The van der Waals surface area contributed by atoms with E-state index in [1.165, 1.54) is 6.92 Å². The van der Waals surface area contributed by atoms with Crippen molar-refractivity contribution in [3.8, 4) is 5.75 Å². The van der Waals surface area contributed by atoms with Crippen molar-refractivity contribution in [1.82, 2.24) is 0 Å². The van der Waals surface area contributed by atoms with Crippen LogP contribution in [-0.4, -0.2) is 43.7 Å². The lowest BCUT2D eigenvalue weighted by Crippen LogP contribution is -2.34. The van der Waals surface area contributed by atoms with Crippen LogP contribution in [0.1, 0.15) is 13.3 Å². The second-order valence-corrected chi connectivity index (χ2v) is 5.24. The highest BCUT2D eigenvalue weighted by Crippen LogP contribution is 2.18. The van der Waals surface area contributed by atoms with E-state index in [1.807, 2.05) is 0 Å². The van der Waals surface area contributed by atoms with Crippen molar-refractivity contribution < 1.29 is 38.1 Å². The molecule has 1 aromatic rings. The van der Waals surface area contributed by atoms with Crippen LogP contribution in [0.3, 0.4) is 0 Å². The van der Waals surface area contributed by atoms with Crippen molar-refractivity contribution in [2.75, 3.05) is 13.2 Å². The number of ether oxygens (including phenoxy) is 5. The van der Waals surface area contributed by atoms with Gasteiger partial charge in [-0.1, -0.05) is 24.8 Å². The molecule has 1 saturated heterocycles. The van der Waals surface area contributed by atoms with E-state index < -0.39 is 30.5 Å². The van der Waals surface area contributed by atoms with E-state index in [0.717, 1.165) is 0 Å². The molecule has 0 saturated carbocycles. The van der Waals surface area contributed by atoms with Gasteiger partial charge in [0.15, 0.2) is 6.10 Å². The van der Waals surface area contributed by atoms with E-state index in [0.29, 0.717) is 5.75 Å². The van der Waals surface area contributed by atoms with E-state index in [1.54, 1.807) is 30.3 Å². The Morgan fingerprint density at radius 1 is 1.32 bits per heavy atom. The highest BCUT2D eigenvalue weighted by molar-refractivity contribution is 5.87. The zero-order valence-corrected chi connectivity index (χ0v) is 13.6. The quantitative estimate of drug-likeness (QED) is 0.320. The van der Waals surface area contributed by atoms with Crippen molar-refractivity contribution in [3.63, 3.8) is 0 Å². The summed E-state index contributed by atoms with van der Waals surface area (Å²) in [5, 5.41) is 0. The van der Waals surface area contributed by atoms with Crippen LogP contribution < -0.4 is 4.74 Å². The van der Waals surface area contributed by atoms with Crippen molar-refractivity contribution in [3.05, 3.63) is 42.5 Å². The SMILES string of the molecule is C=C(C)C(=O)OC(CCOC(=O)Oc1ccccc1)C1COC(=O)O1. The normalized spacial score (nSPS) is 17.0. The zero-order valence-electron chi connectivity index (χ0n) is 13.6. The third-order valence-corrected chi connectivity index (χ3v) is 3.20. The predicted octanol–water partition coefficient (Wildman–Crippen LogP) is 2.62. The summed E-state index contributed by atoms with van der Waals surface area (Å²) < 4.78 is 24.7. The second-order valence-electron chi connectivity index (χ2n) is 5.24. The van der Waals surface area contributed by atoms with Crippen LogP contribution >= 0.6 is 0 Å². The van der Waals surface area contributed by atoms with Crippen LogP contribution in [0, 0.1) is 0 Å². The minimum atomic E-state index is -0.893. The lowest BCUT2D eigenvalue weighted by Gasteiger charge is -2.21. The van der Waals surface area contributed by atoms with Crippen LogP contribution in [0.2, 0.25) is 0 Å². The van der Waals surface area contributed by atoms with Gasteiger partial charge in [-0.2, -0.15) is 0 Å². The molecular formula is C17H18O8. The number of hydrogen-bond donors (Lipinski definition) is 0. The summed E-state index contributed by atoms with van der Waals surface area (Å²) in [5.41, 5.74) is 0.194. The van der Waals surface area contributed by atoms with Gasteiger partial charge in [0.1, 0.15) is 18.5 Å². The number of carbonyl (C=O) groups excluding carboxylic acids is 3. The minimum Gasteiger partial charge on any atom is -0.455 e. The first-order valence-electron chi connectivity index (χ1n) is 7.55. The van der Waals surface area contributed by atoms with Gasteiger partial charge in [-0.3, -0.25) is 0 Å². The molecule has 134 valence electrons. The molecule has 0 aliphatic carbocycles. The van der Waals surface area contributed by atoms with Crippen LogP contribution in [0.25, 0.3) is 0 Å². The molecule has 0 amide bonds. The Morgan fingerprint density at radius 2 is 2.04 bits per heavy atom. The van der Waals surface area contributed by atoms with Crippen molar-refractivity contribution in [2.24, 2.45) is 0 Å². The molecule has 25 heavy (non-hydrogen) atoms. The van der Waals surface area contributed by atoms with Crippen molar-refractivity contribution in [1.29, 1.82) is 0 Å². The molecule has 8 heteroatoms. The number of para-hydroxylation sites is 1. The molecule has 0 spiro atoms. The minimum absolute atomic E-state index is 0.0541. The summed E-state index contributed by atoms with van der Waals surface area (Å²) in [5.74, 6) is -0.296.